The number of carbonyl (C=O) groups is 2. The third kappa shape index (κ3) is 5.94. The Balaban J connectivity index is 0.000000555. The van der Waals surface area contributed by atoms with Gasteiger partial charge in [0.1, 0.15) is 0 Å². The summed E-state index contributed by atoms with van der Waals surface area (Å²) in [6, 6.07) is 14.8. The molecule has 10 heteroatoms. The molecule has 0 aliphatic heterocycles. The number of alkyl halides is 3. The van der Waals surface area contributed by atoms with E-state index in [0.717, 1.165) is 23.4 Å². The first kappa shape index (κ1) is 23.5. The number of halogens is 3. The maximum atomic E-state index is 12.9. The van der Waals surface area contributed by atoms with Crippen molar-refractivity contribution in [3.63, 3.8) is 0 Å². The van der Waals surface area contributed by atoms with Crippen LogP contribution >= 0.6 is 0 Å². The molecule has 0 aliphatic rings. The molecule has 0 bridgehead atoms. The summed E-state index contributed by atoms with van der Waals surface area (Å²) in [6.45, 7) is 2.66. The Hall–Kier alpha value is -4.21. The number of anilines is 1. The zero-order valence-electron chi connectivity index (χ0n) is 17.4. The van der Waals surface area contributed by atoms with Crippen molar-refractivity contribution in [1.82, 2.24) is 14.6 Å². The number of nitrogens with one attached hydrogen (secondary N) is 1. The summed E-state index contributed by atoms with van der Waals surface area (Å²) in [5.74, 6) is -0.623. The summed E-state index contributed by atoms with van der Waals surface area (Å²) in [5.41, 5.74) is 1.74. The topological polar surface area (TPSA) is 85.6 Å². The first-order valence-corrected chi connectivity index (χ1v) is 9.76. The normalized spacial score (nSPS) is 10.8. The van der Waals surface area contributed by atoms with Crippen LogP contribution in [0.3, 0.4) is 0 Å². The third-order valence-corrected chi connectivity index (χ3v) is 4.39. The molecular formula is C23H19F3N4O3. The molecule has 0 saturated carbocycles. The standard InChI is InChI=1S/C20H13F3N4O.C3H6O2/c21-20(22,23)15-5-1-4-14(11-15)19(28)26-16-6-2-3-13(12-16)17-7-9-24-18-8-10-25-27(17)18;1-2-5-3-4/h1-12H,(H,26,28);3H,2H2,1H3. The SMILES string of the molecule is CCOC=O.O=C(Nc1cccc(-c2ccnc3ccnn23)c1)c1cccc(C(F)(F)F)c1. The van der Waals surface area contributed by atoms with E-state index in [9.17, 15) is 22.8 Å². The predicted octanol–water partition coefficient (Wildman–Crippen LogP) is 4.85. The van der Waals surface area contributed by atoms with Gasteiger partial charge in [0.25, 0.3) is 12.4 Å². The van der Waals surface area contributed by atoms with E-state index in [0.29, 0.717) is 24.4 Å². The molecule has 4 aromatic rings. The van der Waals surface area contributed by atoms with Gasteiger partial charge < -0.3 is 10.1 Å². The van der Waals surface area contributed by atoms with Crippen LogP contribution in [0, 0.1) is 0 Å². The summed E-state index contributed by atoms with van der Waals surface area (Å²) in [5, 5.41) is 6.86. The van der Waals surface area contributed by atoms with Crippen LogP contribution in [0.2, 0.25) is 0 Å². The van der Waals surface area contributed by atoms with E-state index in [4.69, 9.17) is 0 Å². The number of ether oxygens (including phenoxy) is 1. The Labute approximate surface area is 186 Å². The second kappa shape index (κ2) is 10.4. The van der Waals surface area contributed by atoms with Crippen molar-refractivity contribution in [3.05, 3.63) is 84.2 Å². The zero-order valence-corrected chi connectivity index (χ0v) is 17.4. The van der Waals surface area contributed by atoms with Crippen LogP contribution in [0.4, 0.5) is 18.9 Å². The first-order chi connectivity index (χ1) is 15.8. The van der Waals surface area contributed by atoms with Crippen molar-refractivity contribution >= 4 is 23.7 Å². The van der Waals surface area contributed by atoms with Crippen LogP contribution in [0.15, 0.2) is 73.1 Å². The van der Waals surface area contributed by atoms with Crippen LogP contribution in [0.1, 0.15) is 22.8 Å². The third-order valence-electron chi connectivity index (χ3n) is 4.39. The molecule has 0 aliphatic carbocycles. The van der Waals surface area contributed by atoms with E-state index in [2.05, 4.69) is 20.1 Å². The number of nitrogens with zero attached hydrogens (tertiary/aromatic N) is 3. The maximum absolute atomic E-state index is 12.9. The van der Waals surface area contributed by atoms with Crippen molar-refractivity contribution in [2.24, 2.45) is 0 Å². The highest BCUT2D eigenvalue weighted by atomic mass is 19.4. The second-order valence-electron chi connectivity index (χ2n) is 6.60. The fourth-order valence-electron chi connectivity index (χ4n) is 2.92. The zero-order chi connectivity index (χ0) is 23.8. The minimum absolute atomic E-state index is 0.0707. The lowest BCUT2D eigenvalue weighted by Crippen LogP contribution is -2.14. The molecule has 2 aromatic carbocycles. The van der Waals surface area contributed by atoms with E-state index in [1.807, 2.05) is 6.07 Å². The van der Waals surface area contributed by atoms with Gasteiger partial charge in [0, 0.05) is 29.1 Å². The molecule has 0 fully saturated rings. The van der Waals surface area contributed by atoms with E-state index in [1.165, 1.54) is 12.1 Å². The number of hydrogen-bond donors (Lipinski definition) is 1. The van der Waals surface area contributed by atoms with Crippen LogP contribution < -0.4 is 5.32 Å². The Morgan fingerprint density at radius 2 is 1.88 bits per heavy atom. The molecule has 4 rings (SSSR count). The summed E-state index contributed by atoms with van der Waals surface area (Å²) in [6.07, 6.45) is -1.22. The molecule has 1 amide bonds. The van der Waals surface area contributed by atoms with E-state index >= 15 is 0 Å². The van der Waals surface area contributed by atoms with E-state index in [1.54, 1.807) is 54.2 Å². The number of aromatic nitrogens is 3. The number of fused-ring (bicyclic) bond motifs is 1. The van der Waals surface area contributed by atoms with Crippen molar-refractivity contribution in [3.8, 4) is 11.3 Å². The minimum atomic E-state index is -4.51. The maximum Gasteiger partial charge on any atom is 0.416 e. The van der Waals surface area contributed by atoms with Gasteiger partial charge >= 0.3 is 6.18 Å². The van der Waals surface area contributed by atoms with Gasteiger partial charge in [-0.3, -0.25) is 9.59 Å². The lowest BCUT2D eigenvalue weighted by atomic mass is 10.1. The molecule has 7 nitrogen and oxygen atoms in total. The lowest BCUT2D eigenvalue weighted by molar-refractivity contribution is -0.137. The van der Waals surface area contributed by atoms with Gasteiger partial charge in [0.2, 0.25) is 0 Å². The quantitative estimate of drug-likeness (QED) is 0.434. The van der Waals surface area contributed by atoms with Crippen molar-refractivity contribution in [2.75, 3.05) is 11.9 Å². The molecular weight excluding hydrogens is 437 g/mol. The van der Waals surface area contributed by atoms with Gasteiger partial charge in [-0.05, 0) is 43.3 Å². The van der Waals surface area contributed by atoms with Crippen molar-refractivity contribution in [2.45, 2.75) is 13.1 Å². The highest BCUT2D eigenvalue weighted by Gasteiger charge is 2.30. The highest BCUT2D eigenvalue weighted by molar-refractivity contribution is 6.04. The molecule has 1 N–H and O–H groups in total. The Morgan fingerprint density at radius 3 is 2.58 bits per heavy atom. The number of carbonyl (C=O) groups excluding carboxylic acids is 2. The van der Waals surface area contributed by atoms with Gasteiger partial charge in [0.05, 0.1) is 24.1 Å². The minimum Gasteiger partial charge on any atom is -0.468 e. The molecule has 0 radical (unpaired) electrons. The highest BCUT2D eigenvalue weighted by Crippen LogP contribution is 2.30. The molecule has 0 saturated heterocycles. The Kier molecular flexibility index (Phi) is 7.39. The largest absolute Gasteiger partial charge is 0.468 e. The number of benzene rings is 2. The van der Waals surface area contributed by atoms with Crippen LogP contribution in [-0.2, 0) is 15.7 Å². The first-order valence-electron chi connectivity index (χ1n) is 9.76. The number of hydrogen-bond acceptors (Lipinski definition) is 5. The molecule has 2 aromatic heterocycles. The lowest BCUT2D eigenvalue weighted by Gasteiger charge is -2.10. The fourth-order valence-corrected chi connectivity index (χ4v) is 2.92. The van der Waals surface area contributed by atoms with Gasteiger partial charge in [-0.1, -0.05) is 18.2 Å². The van der Waals surface area contributed by atoms with Gasteiger partial charge in [-0.15, -0.1) is 0 Å². The Bertz CT molecular complexity index is 1250. The van der Waals surface area contributed by atoms with Gasteiger partial charge in [-0.2, -0.15) is 18.3 Å². The smallest absolute Gasteiger partial charge is 0.416 e. The second-order valence-corrected chi connectivity index (χ2v) is 6.60. The molecule has 2 heterocycles. The van der Waals surface area contributed by atoms with E-state index in [-0.39, 0.29) is 5.56 Å². The molecule has 0 atom stereocenters. The van der Waals surface area contributed by atoms with Crippen LogP contribution in [0.5, 0.6) is 0 Å². The van der Waals surface area contributed by atoms with Crippen LogP contribution in [-0.4, -0.2) is 33.6 Å². The van der Waals surface area contributed by atoms with Crippen molar-refractivity contribution < 1.29 is 27.5 Å². The van der Waals surface area contributed by atoms with Gasteiger partial charge in [0.15, 0.2) is 5.65 Å². The molecule has 0 spiro atoms. The molecule has 33 heavy (non-hydrogen) atoms. The average Bonchev–Trinajstić information content (AvgIpc) is 3.29. The summed E-state index contributed by atoms with van der Waals surface area (Å²) >= 11 is 0. The molecule has 0 unspecified atom stereocenters. The van der Waals surface area contributed by atoms with E-state index < -0.39 is 17.6 Å². The summed E-state index contributed by atoms with van der Waals surface area (Å²) in [7, 11) is 0. The predicted molar refractivity (Wildman–Crippen MR) is 116 cm³/mol. The summed E-state index contributed by atoms with van der Waals surface area (Å²) in [4.78, 5) is 25.8. The van der Waals surface area contributed by atoms with Crippen LogP contribution in [0.25, 0.3) is 16.9 Å². The van der Waals surface area contributed by atoms with Gasteiger partial charge in [-0.25, -0.2) is 9.50 Å². The Morgan fingerprint density at radius 1 is 1.09 bits per heavy atom. The monoisotopic (exact) mass is 456 g/mol. The van der Waals surface area contributed by atoms with Crippen molar-refractivity contribution in [1.29, 1.82) is 0 Å². The number of amides is 1. The average molecular weight is 456 g/mol. The number of rotatable bonds is 5. The fraction of sp³-hybridized carbons (Fsp3) is 0.130. The molecule has 170 valence electrons. The summed E-state index contributed by atoms with van der Waals surface area (Å²) < 4.78 is 44.4.